The molecule has 1 saturated heterocycles. The van der Waals surface area contributed by atoms with Gasteiger partial charge in [-0.1, -0.05) is 52.7 Å². The zero-order valence-corrected chi connectivity index (χ0v) is 22.8. The molecule has 1 amide bonds. The molecule has 2 aliphatic rings. The van der Waals surface area contributed by atoms with E-state index in [9.17, 15) is 14.7 Å². The number of nitrogens with two attached hydrogens (primary N) is 1. The smallest absolute Gasteiger partial charge is 0.308 e. The van der Waals surface area contributed by atoms with Gasteiger partial charge in [0.25, 0.3) is 0 Å². The number of fused-ring (bicyclic) bond motifs is 1. The van der Waals surface area contributed by atoms with Gasteiger partial charge < -0.3 is 20.5 Å². The molecule has 7 nitrogen and oxygen atoms in total. The summed E-state index contributed by atoms with van der Waals surface area (Å²) in [5.74, 6) is -0.487. The summed E-state index contributed by atoms with van der Waals surface area (Å²) in [5, 5.41) is 10.5. The maximum atomic E-state index is 13.5. The van der Waals surface area contributed by atoms with Gasteiger partial charge in [0.1, 0.15) is 5.75 Å². The Morgan fingerprint density at radius 3 is 2.61 bits per heavy atom. The monoisotopic (exact) mass is 501 g/mol. The zero-order valence-electron chi connectivity index (χ0n) is 22.8. The second kappa shape index (κ2) is 12.9. The molecular formula is C29H47N3O4. The lowest BCUT2D eigenvalue weighted by atomic mass is 9.76. The molecule has 202 valence electrons. The topological polar surface area (TPSA) is 96.1 Å². The molecule has 36 heavy (non-hydrogen) atoms. The van der Waals surface area contributed by atoms with Crippen LogP contribution in [0.5, 0.6) is 5.75 Å². The molecule has 0 aliphatic carbocycles. The fourth-order valence-corrected chi connectivity index (χ4v) is 6.13. The predicted octanol–water partition coefficient (Wildman–Crippen LogP) is 4.28. The number of amides is 1. The lowest BCUT2D eigenvalue weighted by Gasteiger charge is -2.35. The minimum Gasteiger partial charge on any atom is -0.493 e. The Morgan fingerprint density at radius 1 is 1.19 bits per heavy atom. The van der Waals surface area contributed by atoms with Crippen molar-refractivity contribution in [2.75, 3.05) is 39.3 Å². The summed E-state index contributed by atoms with van der Waals surface area (Å²) in [6.45, 7) is 12.2. The maximum Gasteiger partial charge on any atom is 0.308 e. The van der Waals surface area contributed by atoms with Gasteiger partial charge in [0.2, 0.25) is 5.91 Å². The third-order valence-electron chi connectivity index (χ3n) is 7.97. The standard InChI is InChI=1S/C29H47N3O4/c1-5-7-14-31(15-8-13-30)26(33)20-32-19-23(21-9-10-25-22(17-21)11-16-36-25)27(28(34)35)24(32)18-29(3,4)12-6-2/h9-10,17,23-24,27H,5-8,11-16,18-20,30H2,1-4H3,(H,34,35). The average Bonchev–Trinajstić information content (AvgIpc) is 3.43. The summed E-state index contributed by atoms with van der Waals surface area (Å²) >= 11 is 0. The van der Waals surface area contributed by atoms with Crippen molar-refractivity contribution in [1.29, 1.82) is 0 Å². The molecule has 1 aromatic rings. The first-order valence-corrected chi connectivity index (χ1v) is 13.9. The highest BCUT2D eigenvalue weighted by Crippen LogP contribution is 2.44. The number of unbranched alkanes of at least 4 members (excludes halogenated alkanes) is 1. The molecule has 3 atom stereocenters. The number of nitrogens with zero attached hydrogens (tertiary/aromatic N) is 2. The minimum atomic E-state index is -0.769. The first-order valence-electron chi connectivity index (χ1n) is 13.9. The molecule has 2 heterocycles. The van der Waals surface area contributed by atoms with Gasteiger partial charge in [-0.25, -0.2) is 0 Å². The Hall–Kier alpha value is -2.12. The lowest BCUT2D eigenvalue weighted by Crippen LogP contribution is -2.46. The molecule has 1 fully saturated rings. The molecule has 0 aromatic heterocycles. The Kier molecular flexibility index (Phi) is 10.2. The Balaban J connectivity index is 1.90. The van der Waals surface area contributed by atoms with Crippen molar-refractivity contribution in [2.24, 2.45) is 17.1 Å². The van der Waals surface area contributed by atoms with E-state index in [0.717, 1.165) is 68.4 Å². The maximum absolute atomic E-state index is 13.5. The van der Waals surface area contributed by atoms with E-state index in [0.29, 0.717) is 26.2 Å². The summed E-state index contributed by atoms with van der Waals surface area (Å²) in [6.07, 6.45) is 6.45. The molecule has 3 rings (SSSR count). The van der Waals surface area contributed by atoms with Crippen LogP contribution in [0.3, 0.4) is 0 Å². The number of carboxylic acid groups (broad SMARTS) is 1. The van der Waals surface area contributed by atoms with Crippen LogP contribution < -0.4 is 10.5 Å². The zero-order chi connectivity index (χ0) is 26.3. The van der Waals surface area contributed by atoms with Crippen LogP contribution in [0, 0.1) is 11.3 Å². The van der Waals surface area contributed by atoms with Gasteiger partial charge in [-0.05, 0) is 54.8 Å². The van der Waals surface area contributed by atoms with Gasteiger partial charge in [-0.15, -0.1) is 0 Å². The van der Waals surface area contributed by atoms with E-state index < -0.39 is 11.9 Å². The van der Waals surface area contributed by atoms with Crippen LogP contribution in [0.4, 0.5) is 0 Å². The largest absolute Gasteiger partial charge is 0.493 e. The number of ether oxygens (including phenoxy) is 1. The van der Waals surface area contributed by atoms with E-state index in [1.54, 1.807) is 0 Å². The van der Waals surface area contributed by atoms with E-state index in [1.165, 1.54) is 0 Å². The van der Waals surface area contributed by atoms with Crippen LogP contribution in [0.1, 0.15) is 83.3 Å². The number of hydrogen-bond donors (Lipinski definition) is 2. The van der Waals surface area contributed by atoms with Gasteiger partial charge in [-0.2, -0.15) is 0 Å². The number of aliphatic carboxylic acids is 1. The highest BCUT2D eigenvalue weighted by atomic mass is 16.5. The average molecular weight is 502 g/mol. The molecule has 7 heteroatoms. The number of carbonyl (C=O) groups excluding carboxylic acids is 1. The fourth-order valence-electron chi connectivity index (χ4n) is 6.13. The van der Waals surface area contributed by atoms with Gasteiger partial charge in [-0.3, -0.25) is 14.5 Å². The highest BCUT2D eigenvalue weighted by Gasteiger charge is 2.48. The normalized spacial score (nSPS) is 21.9. The Morgan fingerprint density at radius 2 is 1.94 bits per heavy atom. The summed E-state index contributed by atoms with van der Waals surface area (Å²) in [7, 11) is 0. The molecular weight excluding hydrogens is 454 g/mol. The third-order valence-corrected chi connectivity index (χ3v) is 7.97. The Labute approximate surface area is 217 Å². The molecule has 2 aliphatic heterocycles. The van der Waals surface area contributed by atoms with Crippen molar-refractivity contribution in [3.8, 4) is 5.75 Å². The number of carbonyl (C=O) groups is 2. The number of benzene rings is 1. The van der Waals surface area contributed by atoms with Crippen LogP contribution in [0.15, 0.2) is 18.2 Å². The first kappa shape index (κ1) is 28.5. The second-order valence-corrected chi connectivity index (χ2v) is 11.4. The van der Waals surface area contributed by atoms with Crippen LogP contribution in [0.2, 0.25) is 0 Å². The molecule has 1 aromatic carbocycles. The molecule has 3 N–H and O–H groups in total. The quantitative estimate of drug-likeness (QED) is 0.395. The SMILES string of the molecule is CCCCN(CCCN)C(=O)CN1CC(c2ccc3c(c2)CCO3)C(C(=O)O)C1CC(C)(C)CCC. The minimum absolute atomic E-state index is 0.00345. The van der Waals surface area contributed by atoms with E-state index >= 15 is 0 Å². The summed E-state index contributed by atoms with van der Waals surface area (Å²) in [5.41, 5.74) is 7.94. The number of rotatable bonds is 14. The predicted molar refractivity (Wildman–Crippen MR) is 143 cm³/mol. The fraction of sp³-hybridized carbons (Fsp3) is 0.724. The first-order chi connectivity index (χ1) is 17.2. The van der Waals surface area contributed by atoms with Crippen LogP contribution >= 0.6 is 0 Å². The number of carboxylic acids is 1. The summed E-state index contributed by atoms with van der Waals surface area (Å²) < 4.78 is 5.68. The second-order valence-electron chi connectivity index (χ2n) is 11.4. The Bertz CT molecular complexity index is 879. The van der Waals surface area contributed by atoms with Crippen molar-refractivity contribution in [2.45, 2.75) is 84.6 Å². The summed E-state index contributed by atoms with van der Waals surface area (Å²) in [4.78, 5) is 30.4. The lowest BCUT2D eigenvalue weighted by molar-refractivity contribution is -0.144. The molecule has 3 unspecified atom stereocenters. The molecule has 0 spiro atoms. The van der Waals surface area contributed by atoms with Crippen LogP contribution in [0.25, 0.3) is 0 Å². The van der Waals surface area contributed by atoms with E-state index in [2.05, 4.69) is 38.7 Å². The molecule has 0 saturated carbocycles. The highest BCUT2D eigenvalue weighted by molar-refractivity contribution is 5.79. The number of likely N-dealkylation sites (tertiary alicyclic amines) is 1. The van der Waals surface area contributed by atoms with Gasteiger partial charge in [0.05, 0.1) is 19.1 Å². The van der Waals surface area contributed by atoms with Crippen molar-refractivity contribution in [1.82, 2.24) is 9.80 Å². The van der Waals surface area contributed by atoms with Crippen molar-refractivity contribution in [3.05, 3.63) is 29.3 Å². The van der Waals surface area contributed by atoms with E-state index in [4.69, 9.17) is 10.5 Å². The van der Waals surface area contributed by atoms with Crippen molar-refractivity contribution in [3.63, 3.8) is 0 Å². The van der Waals surface area contributed by atoms with Crippen LogP contribution in [-0.2, 0) is 16.0 Å². The molecule has 0 bridgehead atoms. The van der Waals surface area contributed by atoms with Gasteiger partial charge in [0.15, 0.2) is 0 Å². The van der Waals surface area contributed by atoms with E-state index in [-0.39, 0.29) is 29.8 Å². The summed E-state index contributed by atoms with van der Waals surface area (Å²) in [6, 6.07) is 5.96. The van der Waals surface area contributed by atoms with Gasteiger partial charge >= 0.3 is 5.97 Å². The van der Waals surface area contributed by atoms with E-state index in [1.807, 2.05) is 17.0 Å². The molecule has 0 radical (unpaired) electrons. The number of hydrogen-bond acceptors (Lipinski definition) is 5. The third kappa shape index (κ3) is 7.00. The van der Waals surface area contributed by atoms with Crippen molar-refractivity contribution >= 4 is 11.9 Å². The van der Waals surface area contributed by atoms with Crippen LogP contribution in [-0.4, -0.2) is 72.2 Å². The van der Waals surface area contributed by atoms with Crippen molar-refractivity contribution < 1.29 is 19.4 Å². The van der Waals surface area contributed by atoms with Gasteiger partial charge in [0, 0.05) is 38.0 Å².